The summed E-state index contributed by atoms with van der Waals surface area (Å²) in [5.74, 6) is -2.05. The van der Waals surface area contributed by atoms with Gasteiger partial charge in [-0.25, -0.2) is 9.07 Å². The van der Waals surface area contributed by atoms with Crippen LogP contribution in [0.5, 0.6) is 0 Å². The predicted octanol–water partition coefficient (Wildman–Crippen LogP) is 3.68. The Balaban J connectivity index is 1.93. The largest absolute Gasteiger partial charge is 0.416 e. The van der Waals surface area contributed by atoms with Crippen LogP contribution in [0.1, 0.15) is 15.9 Å². The van der Waals surface area contributed by atoms with Crippen LogP contribution >= 0.6 is 0 Å². The van der Waals surface area contributed by atoms with Gasteiger partial charge in [0.15, 0.2) is 0 Å². The summed E-state index contributed by atoms with van der Waals surface area (Å²) in [6.07, 6.45) is 1.17. The van der Waals surface area contributed by atoms with E-state index in [4.69, 9.17) is 0 Å². The molecule has 0 aliphatic heterocycles. The normalized spacial score (nSPS) is 11.4. The maximum absolute atomic E-state index is 13.5. The van der Waals surface area contributed by atoms with E-state index in [1.54, 1.807) is 18.3 Å². The van der Waals surface area contributed by atoms with Crippen molar-refractivity contribution in [3.8, 4) is 5.69 Å². The zero-order valence-electron chi connectivity index (χ0n) is 12.5. The number of hydrogen-bond acceptors (Lipinski definition) is 3. The lowest BCUT2D eigenvalue weighted by atomic mass is 10.1. The quantitative estimate of drug-likeness (QED) is 0.733. The maximum Gasteiger partial charge on any atom is 0.416 e. The SMILES string of the molecule is O=C(Nc1cnccc1-n1cccn1)c1cc(F)cc(C(F)(F)F)c1. The number of carbonyl (C=O) groups excluding carboxylic acids is 1. The lowest BCUT2D eigenvalue weighted by molar-refractivity contribution is -0.137. The Labute approximate surface area is 138 Å². The van der Waals surface area contributed by atoms with E-state index in [0.717, 1.165) is 6.07 Å². The lowest BCUT2D eigenvalue weighted by Gasteiger charge is -2.12. The molecule has 2 aromatic heterocycles. The molecule has 0 saturated heterocycles. The molecule has 25 heavy (non-hydrogen) atoms. The molecule has 0 aliphatic carbocycles. The molecular weight excluding hydrogens is 340 g/mol. The first kappa shape index (κ1) is 16.6. The fourth-order valence-electron chi connectivity index (χ4n) is 2.17. The predicted molar refractivity (Wildman–Crippen MR) is 80.7 cm³/mol. The van der Waals surface area contributed by atoms with Gasteiger partial charge in [-0.05, 0) is 30.3 Å². The minimum Gasteiger partial charge on any atom is -0.319 e. The summed E-state index contributed by atoms with van der Waals surface area (Å²) < 4.78 is 53.2. The molecule has 0 saturated carbocycles. The molecular formula is C16H10F4N4O. The van der Waals surface area contributed by atoms with E-state index < -0.39 is 29.0 Å². The van der Waals surface area contributed by atoms with Gasteiger partial charge in [0, 0.05) is 24.2 Å². The average Bonchev–Trinajstić information content (AvgIpc) is 3.08. The smallest absolute Gasteiger partial charge is 0.319 e. The number of nitrogens with one attached hydrogen (secondary N) is 1. The Morgan fingerprint density at radius 1 is 1.16 bits per heavy atom. The Kier molecular flexibility index (Phi) is 4.22. The first-order chi connectivity index (χ1) is 11.8. The Hall–Kier alpha value is -3.23. The van der Waals surface area contributed by atoms with Gasteiger partial charge in [0.1, 0.15) is 5.82 Å². The molecule has 0 unspecified atom stereocenters. The van der Waals surface area contributed by atoms with Gasteiger partial charge in [-0.15, -0.1) is 0 Å². The van der Waals surface area contributed by atoms with E-state index in [9.17, 15) is 22.4 Å². The Bertz CT molecular complexity index is 907. The molecule has 5 nitrogen and oxygen atoms in total. The van der Waals surface area contributed by atoms with Crippen LogP contribution in [-0.2, 0) is 6.18 Å². The van der Waals surface area contributed by atoms with Crippen LogP contribution in [0.3, 0.4) is 0 Å². The van der Waals surface area contributed by atoms with Crippen LogP contribution in [0, 0.1) is 5.82 Å². The van der Waals surface area contributed by atoms with E-state index in [1.807, 2.05) is 0 Å². The third-order valence-electron chi connectivity index (χ3n) is 3.28. The summed E-state index contributed by atoms with van der Waals surface area (Å²) in [4.78, 5) is 16.1. The number of hydrogen-bond donors (Lipinski definition) is 1. The minimum absolute atomic E-state index is 0.217. The van der Waals surface area contributed by atoms with Crippen molar-refractivity contribution in [1.29, 1.82) is 0 Å². The van der Waals surface area contributed by atoms with Crippen LogP contribution in [0.4, 0.5) is 23.2 Å². The molecule has 0 atom stereocenters. The van der Waals surface area contributed by atoms with E-state index in [0.29, 0.717) is 17.8 Å². The highest BCUT2D eigenvalue weighted by atomic mass is 19.4. The number of pyridine rings is 1. The minimum atomic E-state index is -4.76. The van der Waals surface area contributed by atoms with E-state index in [2.05, 4.69) is 15.4 Å². The average molecular weight is 350 g/mol. The first-order valence-electron chi connectivity index (χ1n) is 6.98. The summed E-state index contributed by atoms with van der Waals surface area (Å²) in [6, 6.07) is 4.87. The van der Waals surface area contributed by atoms with Gasteiger partial charge in [0.25, 0.3) is 5.91 Å². The van der Waals surface area contributed by atoms with Gasteiger partial charge in [-0.2, -0.15) is 18.3 Å². The second-order valence-electron chi connectivity index (χ2n) is 5.02. The molecule has 0 aliphatic rings. The molecule has 0 bridgehead atoms. The summed E-state index contributed by atoms with van der Waals surface area (Å²) in [7, 11) is 0. The summed E-state index contributed by atoms with van der Waals surface area (Å²) in [5, 5.41) is 6.44. The van der Waals surface area contributed by atoms with Gasteiger partial charge in [-0.3, -0.25) is 9.78 Å². The number of anilines is 1. The highest BCUT2D eigenvalue weighted by molar-refractivity contribution is 6.05. The molecule has 1 N–H and O–H groups in total. The summed E-state index contributed by atoms with van der Waals surface area (Å²) in [6.45, 7) is 0. The number of amides is 1. The van der Waals surface area contributed by atoms with Gasteiger partial charge in [-0.1, -0.05) is 0 Å². The van der Waals surface area contributed by atoms with Gasteiger partial charge >= 0.3 is 6.18 Å². The van der Waals surface area contributed by atoms with E-state index >= 15 is 0 Å². The van der Waals surface area contributed by atoms with Crippen molar-refractivity contribution < 1.29 is 22.4 Å². The van der Waals surface area contributed by atoms with Crippen molar-refractivity contribution in [2.45, 2.75) is 6.18 Å². The molecule has 0 spiro atoms. The molecule has 2 heterocycles. The third-order valence-corrected chi connectivity index (χ3v) is 3.28. The second-order valence-corrected chi connectivity index (χ2v) is 5.02. The first-order valence-corrected chi connectivity index (χ1v) is 6.98. The number of rotatable bonds is 3. The van der Waals surface area contributed by atoms with Crippen LogP contribution in [0.15, 0.2) is 55.1 Å². The Morgan fingerprint density at radius 2 is 1.96 bits per heavy atom. The molecule has 3 rings (SSSR count). The number of carbonyl (C=O) groups is 1. The maximum atomic E-state index is 13.5. The van der Waals surface area contributed by atoms with Crippen molar-refractivity contribution >= 4 is 11.6 Å². The fraction of sp³-hybridized carbons (Fsp3) is 0.0625. The highest BCUT2D eigenvalue weighted by Crippen LogP contribution is 2.30. The molecule has 1 amide bonds. The van der Waals surface area contributed by atoms with E-state index in [-0.39, 0.29) is 5.69 Å². The number of nitrogens with zero attached hydrogens (tertiary/aromatic N) is 3. The molecule has 3 aromatic rings. The van der Waals surface area contributed by atoms with Gasteiger partial charge < -0.3 is 5.32 Å². The summed E-state index contributed by atoms with van der Waals surface area (Å²) in [5.41, 5.74) is -1.02. The fourth-order valence-corrected chi connectivity index (χ4v) is 2.17. The molecule has 0 radical (unpaired) electrons. The monoisotopic (exact) mass is 350 g/mol. The topological polar surface area (TPSA) is 59.8 Å². The Morgan fingerprint density at radius 3 is 2.64 bits per heavy atom. The van der Waals surface area contributed by atoms with Crippen molar-refractivity contribution in [3.05, 3.63) is 72.1 Å². The van der Waals surface area contributed by atoms with Crippen LogP contribution in [0.2, 0.25) is 0 Å². The number of aromatic nitrogens is 3. The number of benzene rings is 1. The zero-order chi connectivity index (χ0) is 18.0. The van der Waals surface area contributed by atoms with Crippen LogP contribution < -0.4 is 5.32 Å². The van der Waals surface area contributed by atoms with Crippen molar-refractivity contribution in [3.63, 3.8) is 0 Å². The standard InChI is InChI=1S/C16H10F4N4O/c17-12-7-10(6-11(8-12)16(18,19)20)15(25)23-13-9-21-4-2-14(13)24-5-1-3-22-24/h1-9H,(H,23,25). The van der Waals surface area contributed by atoms with Crippen molar-refractivity contribution in [2.24, 2.45) is 0 Å². The second kappa shape index (κ2) is 6.34. The van der Waals surface area contributed by atoms with Crippen LogP contribution in [-0.4, -0.2) is 20.7 Å². The molecule has 1 aromatic carbocycles. The van der Waals surface area contributed by atoms with Gasteiger partial charge in [0.05, 0.1) is 23.1 Å². The molecule has 0 fully saturated rings. The number of alkyl halides is 3. The zero-order valence-corrected chi connectivity index (χ0v) is 12.5. The van der Waals surface area contributed by atoms with Crippen molar-refractivity contribution in [2.75, 3.05) is 5.32 Å². The van der Waals surface area contributed by atoms with Crippen LogP contribution in [0.25, 0.3) is 5.69 Å². The highest BCUT2D eigenvalue weighted by Gasteiger charge is 2.32. The van der Waals surface area contributed by atoms with Crippen molar-refractivity contribution in [1.82, 2.24) is 14.8 Å². The van der Waals surface area contributed by atoms with Gasteiger partial charge in [0.2, 0.25) is 0 Å². The summed E-state index contributed by atoms with van der Waals surface area (Å²) >= 11 is 0. The number of halogens is 4. The molecule has 128 valence electrons. The van der Waals surface area contributed by atoms with E-state index in [1.165, 1.54) is 23.3 Å². The molecule has 9 heteroatoms. The lowest BCUT2D eigenvalue weighted by Crippen LogP contribution is -2.16. The third kappa shape index (κ3) is 3.65.